The summed E-state index contributed by atoms with van der Waals surface area (Å²) in [5.41, 5.74) is 1.03. The topological polar surface area (TPSA) is 72.9 Å². The van der Waals surface area contributed by atoms with Crippen LogP contribution >= 0.6 is 0 Å². The van der Waals surface area contributed by atoms with Crippen molar-refractivity contribution in [2.45, 2.75) is 19.6 Å². The van der Waals surface area contributed by atoms with Gasteiger partial charge in [0.25, 0.3) is 5.91 Å². The first-order chi connectivity index (χ1) is 6.84. The van der Waals surface area contributed by atoms with Gasteiger partial charge in [-0.1, -0.05) is 0 Å². The smallest absolute Gasteiger partial charge is 0.293 e. The highest BCUT2D eigenvalue weighted by Gasteiger charge is 2.34. The number of nitrogens with zero attached hydrogens (tertiary/aromatic N) is 2. The molecule has 0 aliphatic rings. The molecule has 0 saturated carbocycles. The van der Waals surface area contributed by atoms with Crippen LogP contribution < -0.4 is 11.3 Å². The van der Waals surface area contributed by atoms with Crippen molar-refractivity contribution < 1.29 is 18.0 Å². The van der Waals surface area contributed by atoms with Crippen LogP contribution in [0.5, 0.6) is 0 Å². The zero-order chi connectivity index (χ0) is 11.6. The Balaban J connectivity index is 2.92. The minimum Gasteiger partial charge on any atom is -0.293 e. The van der Waals surface area contributed by atoms with Gasteiger partial charge in [0.05, 0.1) is 0 Å². The zero-order valence-corrected chi connectivity index (χ0v) is 7.80. The lowest BCUT2D eigenvalue weighted by molar-refractivity contribution is -0.141. The number of aryl methyl sites for hydroxylation is 1. The number of aromatic nitrogens is 2. The number of nitrogens with one attached hydrogen (secondary N) is 1. The molecule has 1 aromatic rings. The number of halogens is 3. The summed E-state index contributed by atoms with van der Waals surface area (Å²) in [7, 11) is 0. The lowest BCUT2D eigenvalue weighted by Gasteiger charge is -2.03. The van der Waals surface area contributed by atoms with Crippen LogP contribution in [0, 0.1) is 6.92 Å². The number of carbonyl (C=O) groups excluding carboxylic acids is 1. The first-order valence-electron chi connectivity index (χ1n) is 3.95. The lowest BCUT2D eigenvalue weighted by atomic mass is 10.3. The molecule has 84 valence electrons. The van der Waals surface area contributed by atoms with Gasteiger partial charge in [-0.15, -0.1) is 0 Å². The second-order valence-corrected chi connectivity index (χ2v) is 2.89. The number of amides is 1. The minimum absolute atomic E-state index is 0.242. The summed E-state index contributed by atoms with van der Waals surface area (Å²) in [6.45, 7) is 1.09. The fraction of sp³-hybridized carbons (Fsp3) is 0.429. The van der Waals surface area contributed by atoms with E-state index < -0.39 is 17.8 Å². The number of hydrogen-bond donors (Lipinski definition) is 2. The predicted molar refractivity (Wildman–Crippen MR) is 44.3 cm³/mol. The summed E-state index contributed by atoms with van der Waals surface area (Å²) in [6.07, 6.45) is -4.50. The largest absolute Gasteiger partial charge is 0.435 e. The van der Waals surface area contributed by atoms with E-state index in [0.29, 0.717) is 0 Å². The van der Waals surface area contributed by atoms with Crippen LogP contribution in [-0.4, -0.2) is 15.7 Å². The molecular weight excluding hydrogens is 213 g/mol. The third-order valence-electron chi connectivity index (χ3n) is 1.73. The Kier molecular flexibility index (Phi) is 2.98. The molecule has 1 amide bonds. The molecular formula is C7H9F3N4O. The van der Waals surface area contributed by atoms with E-state index in [4.69, 9.17) is 5.84 Å². The van der Waals surface area contributed by atoms with E-state index in [1.807, 2.05) is 5.43 Å². The maximum Gasteiger partial charge on any atom is 0.435 e. The first-order valence-corrected chi connectivity index (χ1v) is 3.95. The molecule has 0 aliphatic heterocycles. The lowest BCUT2D eigenvalue weighted by Crippen LogP contribution is -2.33. The Bertz CT molecular complexity index is 371. The number of hydrazine groups is 1. The monoisotopic (exact) mass is 222 g/mol. The summed E-state index contributed by atoms with van der Waals surface area (Å²) in [5, 5.41) is 3.24. The van der Waals surface area contributed by atoms with Gasteiger partial charge in [-0.2, -0.15) is 18.3 Å². The average Bonchev–Trinajstić information content (AvgIpc) is 2.47. The third kappa shape index (κ3) is 2.69. The van der Waals surface area contributed by atoms with Gasteiger partial charge in [-0.3, -0.25) is 14.9 Å². The van der Waals surface area contributed by atoms with Crippen molar-refractivity contribution in [3.05, 3.63) is 17.5 Å². The Morgan fingerprint density at radius 3 is 2.67 bits per heavy atom. The van der Waals surface area contributed by atoms with Crippen molar-refractivity contribution in [3.63, 3.8) is 0 Å². The highest BCUT2D eigenvalue weighted by Crippen LogP contribution is 2.28. The second-order valence-electron chi connectivity index (χ2n) is 2.89. The highest BCUT2D eigenvalue weighted by molar-refractivity contribution is 5.74. The fourth-order valence-corrected chi connectivity index (χ4v) is 0.990. The van der Waals surface area contributed by atoms with E-state index in [1.165, 1.54) is 6.92 Å². The van der Waals surface area contributed by atoms with E-state index in [0.717, 1.165) is 10.7 Å². The Hall–Kier alpha value is -1.57. The molecule has 5 nitrogen and oxygen atoms in total. The molecule has 0 saturated heterocycles. The molecule has 0 spiro atoms. The molecule has 15 heavy (non-hydrogen) atoms. The van der Waals surface area contributed by atoms with E-state index in [-0.39, 0.29) is 12.2 Å². The zero-order valence-electron chi connectivity index (χ0n) is 7.80. The van der Waals surface area contributed by atoms with E-state index in [1.54, 1.807) is 0 Å². The Morgan fingerprint density at radius 1 is 1.67 bits per heavy atom. The van der Waals surface area contributed by atoms with Crippen molar-refractivity contribution in [1.29, 1.82) is 0 Å². The van der Waals surface area contributed by atoms with E-state index in [9.17, 15) is 18.0 Å². The molecule has 1 aromatic heterocycles. The Morgan fingerprint density at radius 2 is 2.27 bits per heavy atom. The van der Waals surface area contributed by atoms with Gasteiger partial charge in [0.1, 0.15) is 6.54 Å². The van der Waals surface area contributed by atoms with Gasteiger partial charge in [0.2, 0.25) is 0 Å². The van der Waals surface area contributed by atoms with Gasteiger partial charge in [0, 0.05) is 5.69 Å². The molecule has 8 heteroatoms. The molecule has 0 aliphatic carbocycles. The van der Waals surface area contributed by atoms with Gasteiger partial charge < -0.3 is 0 Å². The molecule has 0 bridgehead atoms. The maximum atomic E-state index is 12.2. The summed E-state index contributed by atoms with van der Waals surface area (Å²) in [4.78, 5) is 10.8. The number of carbonyl (C=O) groups is 1. The Labute approximate surface area is 83.0 Å². The molecule has 1 rings (SSSR count). The van der Waals surface area contributed by atoms with Crippen molar-refractivity contribution in [1.82, 2.24) is 15.2 Å². The number of hydrogen-bond acceptors (Lipinski definition) is 3. The van der Waals surface area contributed by atoms with Crippen LogP contribution in [0.4, 0.5) is 13.2 Å². The summed E-state index contributed by atoms with van der Waals surface area (Å²) in [6, 6.07) is 0.865. The van der Waals surface area contributed by atoms with Crippen molar-refractivity contribution >= 4 is 5.91 Å². The molecule has 0 atom stereocenters. The maximum absolute atomic E-state index is 12.2. The molecule has 3 N–H and O–H groups in total. The van der Waals surface area contributed by atoms with Gasteiger partial charge in [0.15, 0.2) is 5.69 Å². The van der Waals surface area contributed by atoms with Crippen LogP contribution in [0.1, 0.15) is 11.4 Å². The van der Waals surface area contributed by atoms with Crippen LogP contribution in [0.25, 0.3) is 0 Å². The molecule has 0 fully saturated rings. The number of alkyl halides is 3. The van der Waals surface area contributed by atoms with Gasteiger partial charge in [-0.05, 0) is 13.0 Å². The van der Waals surface area contributed by atoms with E-state index in [2.05, 4.69) is 5.10 Å². The molecule has 0 unspecified atom stereocenters. The quantitative estimate of drug-likeness (QED) is 0.426. The first kappa shape index (κ1) is 11.5. The normalized spacial score (nSPS) is 11.5. The van der Waals surface area contributed by atoms with Gasteiger partial charge in [-0.25, -0.2) is 5.84 Å². The average molecular weight is 222 g/mol. The minimum atomic E-state index is -4.50. The van der Waals surface area contributed by atoms with E-state index >= 15 is 0 Å². The van der Waals surface area contributed by atoms with Gasteiger partial charge >= 0.3 is 6.18 Å². The third-order valence-corrected chi connectivity index (χ3v) is 1.73. The number of rotatable bonds is 2. The molecule has 1 heterocycles. The summed E-state index contributed by atoms with van der Waals surface area (Å²) < 4.78 is 37.5. The molecule has 0 aromatic carbocycles. The van der Waals surface area contributed by atoms with Crippen LogP contribution in [0.2, 0.25) is 0 Å². The predicted octanol–water partition coefficient (Wildman–Crippen LogP) is 0.200. The summed E-state index contributed by atoms with van der Waals surface area (Å²) in [5.74, 6) is 4.18. The number of nitrogens with two attached hydrogens (primary N) is 1. The van der Waals surface area contributed by atoms with Crippen molar-refractivity contribution in [3.8, 4) is 0 Å². The van der Waals surface area contributed by atoms with Crippen molar-refractivity contribution in [2.24, 2.45) is 5.84 Å². The SMILES string of the molecule is Cc1cc(C(F)(F)F)nn1CC(=O)NN. The summed E-state index contributed by atoms with van der Waals surface area (Å²) >= 11 is 0. The highest BCUT2D eigenvalue weighted by atomic mass is 19.4. The molecule has 0 radical (unpaired) electrons. The fourth-order valence-electron chi connectivity index (χ4n) is 0.990. The van der Waals surface area contributed by atoms with Crippen molar-refractivity contribution in [2.75, 3.05) is 0 Å². The van der Waals surface area contributed by atoms with Crippen LogP contribution in [0.3, 0.4) is 0 Å². The second kappa shape index (κ2) is 3.89. The standard InChI is InChI=1S/C7H9F3N4O/c1-4-2-5(7(8,9)10)13-14(4)3-6(15)12-11/h2H,3,11H2,1H3,(H,12,15). The van der Waals surface area contributed by atoms with Crippen LogP contribution in [-0.2, 0) is 17.5 Å². The van der Waals surface area contributed by atoms with Crippen LogP contribution in [0.15, 0.2) is 6.07 Å².